The van der Waals surface area contributed by atoms with E-state index < -0.39 is 0 Å². The summed E-state index contributed by atoms with van der Waals surface area (Å²) in [6, 6.07) is 0.252. The van der Waals surface area contributed by atoms with Crippen molar-refractivity contribution in [2.24, 2.45) is 5.73 Å². The Labute approximate surface area is 92.2 Å². The lowest BCUT2D eigenvalue weighted by atomic mass is 10.2. The second-order valence-electron chi connectivity index (χ2n) is 3.90. The Morgan fingerprint density at radius 3 is 2.64 bits per heavy atom. The van der Waals surface area contributed by atoms with E-state index in [9.17, 15) is 0 Å². The van der Waals surface area contributed by atoms with Crippen molar-refractivity contribution in [2.75, 3.05) is 32.7 Å². The number of rotatable bonds is 3. The molecule has 1 unspecified atom stereocenters. The fourth-order valence-corrected chi connectivity index (χ4v) is 2.02. The molecule has 1 aliphatic heterocycles. The number of nitrogens with zero attached hydrogens (tertiary/aromatic N) is 2. The molecule has 1 saturated heterocycles. The molecule has 0 aromatic carbocycles. The van der Waals surface area contributed by atoms with E-state index in [1.807, 2.05) is 0 Å². The highest BCUT2D eigenvalue weighted by molar-refractivity contribution is 7.80. The molecule has 0 aliphatic carbocycles. The van der Waals surface area contributed by atoms with Crippen LogP contribution in [0.2, 0.25) is 0 Å². The van der Waals surface area contributed by atoms with Crippen LogP contribution in [-0.4, -0.2) is 53.6 Å². The number of likely N-dealkylation sites (N-methyl/N-ethyl adjacent to an activating group) is 1. The number of thiocarbonyl (C=S) groups is 1. The van der Waals surface area contributed by atoms with Crippen molar-refractivity contribution in [3.63, 3.8) is 0 Å². The van der Waals surface area contributed by atoms with Gasteiger partial charge in [0.1, 0.15) is 0 Å². The average Bonchev–Trinajstić information content (AvgIpc) is 2.41. The fourth-order valence-electron chi connectivity index (χ4n) is 1.87. The highest BCUT2D eigenvalue weighted by Crippen LogP contribution is 2.06. The van der Waals surface area contributed by atoms with Gasteiger partial charge in [-0.2, -0.15) is 0 Å². The first-order valence-electron chi connectivity index (χ1n) is 5.41. The number of nitrogens with two attached hydrogens (primary N) is 1. The van der Waals surface area contributed by atoms with Gasteiger partial charge in [0, 0.05) is 19.6 Å². The lowest BCUT2D eigenvalue weighted by molar-refractivity contribution is 0.249. The molecule has 14 heavy (non-hydrogen) atoms. The Morgan fingerprint density at radius 2 is 2.07 bits per heavy atom. The Balaban J connectivity index is 2.45. The number of hydrogen-bond donors (Lipinski definition) is 1. The first-order valence-corrected chi connectivity index (χ1v) is 5.81. The summed E-state index contributed by atoms with van der Waals surface area (Å²) in [4.78, 5) is 5.49. The van der Waals surface area contributed by atoms with Crippen LogP contribution in [0, 0.1) is 0 Å². The molecule has 3 nitrogen and oxygen atoms in total. The van der Waals surface area contributed by atoms with Crippen LogP contribution in [0.5, 0.6) is 0 Å². The third-order valence-electron chi connectivity index (χ3n) is 3.03. The molecule has 0 bridgehead atoms. The third kappa shape index (κ3) is 3.19. The van der Waals surface area contributed by atoms with E-state index in [-0.39, 0.29) is 6.04 Å². The van der Waals surface area contributed by atoms with E-state index in [2.05, 4.69) is 23.6 Å². The molecule has 0 saturated carbocycles. The van der Waals surface area contributed by atoms with Crippen LogP contribution < -0.4 is 5.73 Å². The SMILES string of the molecule is CCN1CCCN(C(C)C(N)=S)CC1. The van der Waals surface area contributed by atoms with Crippen LogP contribution in [0.25, 0.3) is 0 Å². The molecule has 0 spiro atoms. The van der Waals surface area contributed by atoms with E-state index in [1.54, 1.807) is 0 Å². The maximum Gasteiger partial charge on any atom is 0.0899 e. The van der Waals surface area contributed by atoms with Crippen molar-refractivity contribution in [3.05, 3.63) is 0 Å². The van der Waals surface area contributed by atoms with E-state index in [0.717, 1.165) is 26.2 Å². The molecule has 4 heteroatoms. The molecule has 0 aromatic rings. The standard InChI is InChI=1S/C10H21N3S/c1-3-12-5-4-6-13(8-7-12)9(2)10(11)14/h9H,3-8H2,1-2H3,(H2,11,14). The van der Waals surface area contributed by atoms with Crippen LogP contribution in [-0.2, 0) is 0 Å². The summed E-state index contributed by atoms with van der Waals surface area (Å²) in [5, 5.41) is 0. The molecule has 1 aliphatic rings. The smallest absolute Gasteiger partial charge is 0.0899 e. The van der Waals surface area contributed by atoms with Gasteiger partial charge in [-0.05, 0) is 26.4 Å². The highest BCUT2D eigenvalue weighted by Gasteiger charge is 2.19. The van der Waals surface area contributed by atoms with Crippen LogP contribution in [0.3, 0.4) is 0 Å². The first-order chi connectivity index (χ1) is 6.65. The van der Waals surface area contributed by atoms with Gasteiger partial charge in [0.25, 0.3) is 0 Å². The van der Waals surface area contributed by atoms with Gasteiger partial charge in [0.15, 0.2) is 0 Å². The summed E-state index contributed by atoms with van der Waals surface area (Å²) in [5.41, 5.74) is 5.66. The zero-order valence-electron chi connectivity index (χ0n) is 9.20. The topological polar surface area (TPSA) is 32.5 Å². The molecular formula is C10H21N3S. The minimum atomic E-state index is 0.252. The zero-order chi connectivity index (χ0) is 10.6. The van der Waals surface area contributed by atoms with Crippen LogP contribution >= 0.6 is 12.2 Å². The van der Waals surface area contributed by atoms with E-state index >= 15 is 0 Å². The summed E-state index contributed by atoms with van der Waals surface area (Å²) in [6.45, 7) is 10.0. The lowest BCUT2D eigenvalue weighted by Crippen LogP contribution is -2.43. The minimum absolute atomic E-state index is 0.252. The predicted octanol–water partition coefficient (Wildman–Crippen LogP) is 0.689. The molecular weight excluding hydrogens is 194 g/mol. The van der Waals surface area contributed by atoms with Gasteiger partial charge in [-0.3, -0.25) is 4.90 Å². The monoisotopic (exact) mass is 215 g/mol. The molecule has 0 aromatic heterocycles. The molecule has 1 rings (SSSR count). The van der Waals surface area contributed by atoms with Gasteiger partial charge in [-0.1, -0.05) is 19.1 Å². The Bertz CT molecular complexity index is 196. The van der Waals surface area contributed by atoms with Crippen molar-refractivity contribution in [1.29, 1.82) is 0 Å². The molecule has 82 valence electrons. The van der Waals surface area contributed by atoms with E-state index in [0.29, 0.717) is 4.99 Å². The average molecular weight is 215 g/mol. The van der Waals surface area contributed by atoms with Gasteiger partial charge in [0.2, 0.25) is 0 Å². The van der Waals surface area contributed by atoms with Gasteiger partial charge in [-0.15, -0.1) is 0 Å². The van der Waals surface area contributed by atoms with Crippen molar-refractivity contribution in [1.82, 2.24) is 9.80 Å². The van der Waals surface area contributed by atoms with E-state index in [4.69, 9.17) is 18.0 Å². The summed E-state index contributed by atoms with van der Waals surface area (Å²) >= 11 is 5.02. The van der Waals surface area contributed by atoms with Crippen molar-refractivity contribution in [3.8, 4) is 0 Å². The quantitative estimate of drug-likeness (QED) is 0.702. The maximum atomic E-state index is 5.66. The highest BCUT2D eigenvalue weighted by atomic mass is 32.1. The van der Waals surface area contributed by atoms with Gasteiger partial charge < -0.3 is 10.6 Å². The van der Waals surface area contributed by atoms with Crippen molar-refractivity contribution >= 4 is 17.2 Å². The minimum Gasteiger partial charge on any atom is -0.392 e. The van der Waals surface area contributed by atoms with Crippen LogP contribution in [0.1, 0.15) is 20.3 Å². The Morgan fingerprint density at radius 1 is 1.36 bits per heavy atom. The van der Waals surface area contributed by atoms with Gasteiger partial charge in [0.05, 0.1) is 11.0 Å². The molecule has 0 amide bonds. The second-order valence-corrected chi connectivity index (χ2v) is 4.37. The van der Waals surface area contributed by atoms with Gasteiger partial charge in [-0.25, -0.2) is 0 Å². The van der Waals surface area contributed by atoms with Crippen molar-refractivity contribution < 1.29 is 0 Å². The lowest BCUT2D eigenvalue weighted by Gasteiger charge is -2.26. The van der Waals surface area contributed by atoms with Crippen LogP contribution in [0.4, 0.5) is 0 Å². The molecule has 2 N–H and O–H groups in total. The normalized spacial score (nSPS) is 23.0. The second kappa shape index (κ2) is 5.63. The van der Waals surface area contributed by atoms with Crippen molar-refractivity contribution in [2.45, 2.75) is 26.3 Å². The largest absolute Gasteiger partial charge is 0.392 e. The Kier molecular flexibility index (Phi) is 4.78. The Hall–Kier alpha value is -0.190. The summed E-state index contributed by atoms with van der Waals surface area (Å²) < 4.78 is 0. The molecule has 0 radical (unpaired) electrons. The van der Waals surface area contributed by atoms with E-state index in [1.165, 1.54) is 13.0 Å². The third-order valence-corrected chi connectivity index (χ3v) is 3.37. The summed E-state index contributed by atoms with van der Waals surface area (Å²) in [7, 11) is 0. The fraction of sp³-hybridized carbons (Fsp3) is 0.900. The molecule has 1 heterocycles. The summed E-state index contributed by atoms with van der Waals surface area (Å²) in [6.07, 6.45) is 1.22. The molecule has 1 atom stereocenters. The van der Waals surface area contributed by atoms with Gasteiger partial charge >= 0.3 is 0 Å². The number of hydrogen-bond acceptors (Lipinski definition) is 3. The predicted molar refractivity (Wildman–Crippen MR) is 64.6 cm³/mol. The molecule has 1 fully saturated rings. The summed E-state index contributed by atoms with van der Waals surface area (Å²) in [5.74, 6) is 0. The van der Waals surface area contributed by atoms with Crippen LogP contribution in [0.15, 0.2) is 0 Å². The maximum absolute atomic E-state index is 5.66. The zero-order valence-corrected chi connectivity index (χ0v) is 10.0. The first kappa shape index (κ1) is 11.9.